The van der Waals surface area contributed by atoms with Crippen molar-refractivity contribution in [2.24, 2.45) is 11.3 Å². The van der Waals surface area contributed by atoms with Crippen molar-refractivity contribution in [3.05, 3.63) is 35.9 Å². The molecule has 1 spiro atoms. The molecule has 1 amide bonds. The molecule has 2 saturated heterocycles. The maximum Gasteiger partial charge on any atom is 0.226 e. The van der Waals surface area contributed by atoms with Gasteiger partial charge in [0.05, 0.1) is 0 Å². The molecular formula is C20H29N3O. The Hall–Kier alpha value is -1.39. The lowest BCUT2D eigenvalue weighted by molar-refractivity contribution is -0.133. The third kappa shape index (κ3) is 3.35. The molecule has 4 nitrogen and oxygen atoms in total. The summed E-state index contributed by atoms with van der Waals surface area (Å²) in [4.78, 5) is 17.6. The maximum atomic E-state index is 12.9. The highest BCUT2D eigenvalue weighted by molar-refractivity contribution is 5.82. The summed E-state index contributed by atoms with van der Waals surface area (Å²) in [5.41, 5.74) is 1.73. The third-order valence-electron chi connectivity index (χ3n) is 6.24. The van der Waals surface area contributed by atoms with Crippen molar-refractivity contribution in [2.45, 2.75) is 32.2 Å². The molecule has 1 atom stereocenters. The van der Waals surface area contributed by atoms with Crippen LogP contribution in [0.4, 0.5) is 0 Å². The van der Waals surface area contributed by atoms with E-state index in [4.69, 9.17) is 0 Å². The van der Waals surface area contributed by atoms with Crippen molar-refractivity contribution in [3.63, 3.8) is 0 Å². The van der Waals surface area contributed by atoms with Gasteiger partial charge in [0.2, 0.25) is 5.91 Å². The highest BCUT2D eigenvalue weighted by Gasteiger charge is 2.58. The van der Waals surface area contributed by atoms with Crippen molar-refractivity contribution in [3.8, 4) is 0 Å². The number of rotatable bonds is 3. The first-order chi connectivity index (χ1) is 11.8. The van der Waals surface area contributed by atoms with E-state index in [-0.39, 0.29) is 0 Å². The fourth-order valence-electron chi connectivity index (χ4n) is 4.59. The molecule has 4 rings (SSSR count). The van der Waals surface area contributed by atoms with Crippen molar-refractivity contribution in [2.75, 3.05) is 39.3 Å². The zero-order valence-corrected chi connectivity index (χ0v) is 14.5. The summed E-state index contributed by atoms with van der Waals surface area (Å²) in [6.45, 7) is 7.12. The summed E-state index contributed by atoms with van der Waals surface area (Å²) >= 11 is 0. The van der Waals surface area contributed by atoms with Crippen LogP contribution in [-0.2, 0) is 11.3 Å². The molecule has 1 saturated carbocycles. The SMILES string of the molecule is O=C(C1CC12CCNCC2)N1CCCN(Cc2ccccc2)CC1. The van der Waals surface area contributed by atoms with Gasteiger partial charge in [0.15, 0.2) is 0 Å². The summed E-state index contributed by atoms with van der Waals surface area (Å²) in [5.74, 6) is 0.763. The van der Waals surface area contributed by atoms with E-state index < -0.39 is 0 Å². The lowest BCUT2D eigenvalue weighted by Gasteiger charge is -2.26. The van der Waals surface area contributed by atoms with Crippen LogP contribution in [0.5, 0.6) is 0 Å². The van der Waals surface area contributed by atoms with E-state index in [0.29, 0.717) is 17.2 Å². The Morgan fingerprint density at radius 2 is 1.88 bits per heavy atom. The Kier molecular flexibility index (Phi) is 4.59. The molecule has 24 heavy (non-hydrogen) atoms. The van der Waals surface area contributed by atoms with Gasteiger partial charge in [-0.15, -0.1) is 0 Å². The number of amides is 1. The molecule has 0 aromatic heterocycles. The fraction of sp³-hybridized carbons (Fsp3) is 0.650. The van der Waals surface area contributed by atoms with Crippen LogP contribution in [0.3, 0.4) is 0 Å². The number of nitrogens with one attached hydrogen (secondary N) is 1. The molecule has 1 unspecified atom stereocenters. The lowest BCUT2D eigenvalue weighted by Crippen LogP contribution is -2.38. The minimum Gasteiger partial charge on any atom is -0.341 e. The van der Waals surface area contributed by atoms with Gasteiger partial charge in [-0.3, -0.25) is 9.69 Å². The Balaban J connectivity index is 1.31. The molecule has 2 aliphatic heterocycles. The molecule has 0 radical (unpaired) electrons. The summed E-state index contributed by atoms with van der Waals surface area (Å²) in [6.07, 6.45) is 4.62. The highest BCUT2D eigenvalue weighted by Crippen LogP contribution is 2.59. The number of hydrogen-bond donors (Lipinski definition) is 1. The van der Waals surface area contributed by atoms with Crippen LogP contribution in [-0.4, -0.2) is 55.0 Å². The number of hydrogen-bond acceptors (Lipinski definition) is 3. The van der Waals surface area contributed by atoms with Gasteiger partial charge in [-0.05, 0) is 49.8 Å². The quantitative estimate of drug-likeness (QED) is 0.924. The number of carbonyl (C=O) groups is 1. The van der Waals surface area contributed by atoms with E-state index in [9.17, 15) is 4.79 Å². The minimum absolute atomic E-state index is 0.320. The normalized spacial score (nSPS) is 27.0. The first-order valence-corrected chi connectivity index (χ1v) is 9.53. The molecule has 1 aromatic carbocycles. The van der Waals surface area contributed by atoms with Crippen LogP contribution in [0.15, 0.2) is 30.3 Å². The molecule has 3 fully saturated rings. The first-order valence-electron chi connectivity index (χ1n) is 9.53. The van der Waals surface area contributed by atoms with Crippen LogP contribution in [0.2, 0.25) is 0 Å². The first kappa shape index (κ1) is 16.1. The van der Waals surface area contributed by atoms with Crippen LogP contribution in [0.1, 0.15) is 31.2 Å². The average Bonchev–Trinajstić information content (AvgIpc) is 3.35. The Bertz CT molecular complexity index is 568. The van der Waals surface area contributed by atoms with Crippen molar-refractivity contribution < 1.29 is 4.79 Å². The second-order valence-electron chi connectivity index (χ2n) is 7.81. The smallest absolute Gasteiger partial charge is 0.226 e. The monoisotopic (exact) mass is 327 g/mol. The second-order valence-corrected chi connectivity index (χ2v) is 7.81. The van der Waals surface area contributed by atoms with Crippen LogP contribution < -0.4 is 5.32 Å². The molecule has 130 valence electrons. The predicted molar refractivity (Wildman–Crippen MR) is 95.6 cm³/mol. The zero-order valence-electron chi connectivity index (χ0n) is 14.5. The molecule has 1 N–H and O–H groups in total. The molecule has 1 aromatic rings. The number of benzene rings is 1. The van der Waals surface area contributed by atoms with Gasteiger partial charge < -0.3 is 10.2 Å². The molecule has 1 aliphatic carbocycles. The van der Waals surface area contributed by atoms with Gasteiger partial charge in [0.25, 0.3) is 0 Å². The number of piperidine rings is 1. The minimum atomic E-state index is 0.320. The molecule has 3 aliphatic rings. The summed E-state index contributed by atoms with van der Waals surface area (Å²) < 4.78 is 0. The molecule has 2 heterocycles. The summed E-state index contributed by atoms with van der Waals surface area (Å²) in [5, 5.41) is 3.43. The predicted octanol–water partition coefficient (Wildman–Crippen LogP) is 2.11. The van der Waals surface area contributed by atoms with Crippen LogP contribution >= 0.6 is 0 Å². The van der Waals surface area contributed by atoms with Crippen LogP contribution in [0, 0.1) is 11.3 Å². The summed E-state index contributed by atoms with van der Waals surface area (Å²) in [6, 6.07) is 10.7. The van der Waals surface area contributed by atoms with Gasteiger partial charge in [0, 0.05) is 38.6 Å². The molecule has 0 bridgehead atoms. The maximum absolute atomic E-state index is 12.9. The standard InChI is InChI=1S/C20H29N3O/c24-19(18-15-20(18)7-9-21-10-8-20)23-12-4-11-22(13-14-23)16-17-5-2-1-3-6-17/h1-3,5-6,18,21H,4,7-16H2. The topological polar surface area (TPSA) is 35.6 Å². The third-order valence-corrected chi connectivity index (χ3v) is 6.24. The van der Waals surface area contributed by atoms with Crippen LogP contribution in [0.25, 0.3) is 0 Å². The number of carbonyl (C=O) groups excluding carboxylic acids is 1. The largest absolute Gasteiger partial charge is 0.341 e. The molecular weight excluding hydrogens is 298 g/mol. The Morgan fingerprint density at radius 3 is 2.67 bits per heavy atom. The van der Waals surface area contributed by atoms with E-state index in [2.05, 4.69) is 45.4 Å². The highest BCUT2D eigenvalue weighted by atomic mass is 16.2. The Morgan fingerprint density at radius 1 is 1.08 bits per heavy atom. The van der Waals surface area contributed by atoms with Gasteiger partial charge in [-0.25, -0.2) is 0 Å². The van der Waals surface area contributed by atoms with E-state index >= 15 is 0 Å². The van der Waals surface area contributed by atoms with E-state index in [1.54, 1.807) is 0 Å². The lowest BCUT2D eigenvalue weighted by atomic mass is 9.91. The summed E-state index contributed by atoms with van der Waals surface area (Å²) in [7, 11) is 0. The van der Waals surface area contributed by atoms with Crippen molar-refractivity contribution >= 4 is 5.91 Å². The van der Waals surface area contributed by atoms with E-state index in [0.717, 1.165) is 58.7 Å². The van der Waals surface area contributed by atoms with E-state index in [1.807, 2.05) is 0 Å². The fourth-order valence-corrected chi connectivity index (χ4v) is 4.59. The zero-order chi connectivity index (χ0) is 16.4. The van der Waals surface area contributed by atoms with Gasteiger partial charge in [-0.2, -0.15) is 0 Å². The number of nitrogens with zero attached hydrogens (tertiary/aromatic N) is 2. The molecule has 4 heteroatoms. The second kappa shape index (κ2) is 6.85. The van der Waals surface area contributed by atoms with E-state index in [1.165, 1.54) is 18.4 Å². The van der Waals surface area contributed by atoms with Gasteiger partial charge in [-0.1, -0.05) is 30.3 Å². The van der Waals surface area contributed by atoms with Gasteiger partial charge >= 0.3 is 0 Å². The van der Waals surface area contributed by atoms with Crippen molar-refractivity contribution in [1.29, 1.82) is 0 Å². The Labute approximate surface area is 145 Å². The van der Waals surface area contributed by atoms with Crippen molar-refractivity contribution in [1.82, 2.24) is 15.1 Å². The average molecular weight is 327 g/mol. The van der Waals surface area contributed by atoms with Gasteiger partial charge in [0.1, 0.15) is 0 Å².